The number of benzene rings is 3. The fourth-order valence-electron chi connectivity index (χ4n) is 3.96. The first-order valence-corrected chi connectivity index (χ1v) is 12.1. The number of aromatic hydroxyl groups is 1. The van der Waals surface area contributed by atoms with E-state index in [4.69, 9.17) is 23.2 Å². The van der Waals surface area contributed by atoms with Gasteiger partial charge in [0.2, 0.25) is 10.0 Å². The van der Waals surface area contributed by atoms with Crippen LogP contribution in [0.15, 0.2) is 77.7 Å². The number of phenolic OH excluding ortho intramolecular Hbond substituents is 1. The van der Waals surface area contributed by atoms with Crippen molar-refractivity contribution in [3.8, 4) is 5.75 Å². The normalized spacial score (nSPS) is 16.0. The third-order valence-corrected chi connectivity index (χ3v) is 7.90. The van der Waals surface area contributed by atoms with Crippen molar-refractivity contribution in [1.29, 1.82) is 0 Å². The van der Waals surface area contributed by atoms with Crippen LogP contribution in [0.25, 0.3) is 0 Å². The minimum absolute atomic E-state index is 0.0290. The second-order valence-electron chi connectivity index (χ2n) is 7.40. The van der Waals surface area contributed by atoms with E-state index in [9.17, 15) is 13.5 Å². The van der Waals surface area contributed by atoms with Gasteiger partial charge >= 0.3 is 0 Å². The van der Waals surface area contributed by atoms with Crippen LogP contribution in [0.5, 0.6) is 5.75 Å². The van der Waals surface area contributed by atoms with Gasteiger partial charge in [0.05, 0.1) is 11.1 Å². The molecule has 1 saturated heterocycles. The van der Waals surface area contributed by atoms with Gasteiger partial charge in [-0.2, -0.15) is 4.31 Å². The van der Waals surface area contributed by atoms with Crippen LogP contribution in [-0.2, 0) is 10.0 Å². The van der Waals surface area contributed by atoms with Crippen LogP contribution in [0.1, 0.15) is 17.2 Å². The number of hydrogen-bond acceptors (Lipinski definition) is 4. The average Bonchev–Trinajstić information content (AvgIpc) is 2.78. The number of hydrogen-bond donors (Lipinski definition) is 1. The molecule has 0 aromatic heterocycles. The summed E-state index contributed by atoms with van der Waals surface area (Å²) in [7, 11) is -3.93. The quantitative estimate of drug-likeness (QED) is 0.574. The highest BCUT2D eigenvalue weighted by molar-refractivity contribution is 7.89. The number of sulfonamides is 1. The van der Waals surface area contributed by atoms with Crippen LogP contribution in [0, 0.1) is 0 Å². The Hall–Kier alpha value is -2.09. The van der Waals surface area contributed by atoms with Crippen LogP contribution in [0.2, 0.25) is 10.0 Å². The smallest absolute Gasteiger partial charge is 0.246 e. The summed E-state index contributed by atoms with van der Waals surface area (Å²) in [6.07, 6.45) is 0. The Bertz CT molecular complexity index is 1110. The highest BCUT2D eigenvalue weighted by Crippen LogP contribution is 2.36. The molecule has 0 aliphatic carbocycles. The van der Waals surface area contributed by atoms with Gasteiger partial charge in [0, 0.05) is 31.2 Å². The van der Waals surface area contributed by atoms with E-state index in [0.717, 1.165) is 11.1 Å². The first-order chi connectivity index (χ1) is 14.9. The highest BCUT2D eigenvalue weighted by atomic mass is 35.5. The zero-order valence-electron chi connectivity index (χ0n) is 16.7. The van der Waals surface area contributed by atoms with Gasteiger partial charge in [0.15, 0.2) is 5.75 Å². The molecule has 162 valence electrons. The molecule has 4 rings (SSSR count). The Morgan fingerprint density at radius 3 is 1.84 bits per heavy atom. The van der Waals surface area contributed by atoms with Gasteiger partial charge in [-0.3, -0.25) is 4.90 Å². The Kier molecular flexibility index (Phi) is 6.55. The molecule has 1 heterocycles. The first-order valence-electron chi connectivity index (χ1n) is 9.90. The Labute approximate surface area is 192 Å². The molecule has 31 heavy (non-hydrogen) atoms. The van der Waals surface area contributed by atoms with E-state index in [0.29, 0.717) is 26.2 Å². The van der Waals surface area contributed by atoms with Crippen molar-refractivity contribution in [3.05, 3.63) is 94.0 Å². The lowest BCUT2D eigenvalue weighted by atomic mass is 9.96. The summed E-state index contributed by atoms with van der Waals surface area (Å²) in [6, 6.07) is 23.0. The summed E-state index contributed by atoms with van der Waals surface area (Å²) in [5.41, 5.74) is 2.31. The number of nitrogens with zero attached hydrogens (tertiary/aromatic N) is 2. The van der Waals surface area contributed by atoms with E-state index in [1.165, 1.54) is 16.4 Å². The maximum atomic E-state index is 13.2. The molecule has 0 atom stereocenters. The predicted molar refractivity (Wildman–Crippen MR) is 123 cm³/mol. The van der Waals surface area contributed by atoms with Gasteiger partial charge in [0.1, 0.15) is 4.90 Å². The predicted octanol–water partition coefficient (Wildman–Crippen LogP) is 4.79. The zero-order valence-corrected chi connectivity index (χ0v) is 19.0. The molecule has 1 fully saturated rings. The molecule has 5 nitrogen and oxygen atoms in total. The standard InChI is InChI=1S/C23H22Cl2N2O3S/c24-19-15-20(25)23(28)21(16-19)31(29,30)27-13-11-26(12-14-27)22(17-7-3-1-4-8-17)18-9-5-2-6-10-18/h1-10,15-16,22,28H,11-14H2. The second-order valence-corrected chi connectivity index (χ2v) is 10.1. The van der Waals surface area contributed by atoms with Crippen molar-refractivity contribution in [2.24, 2.45) is 0 Å². The average molecular weight is 477 g/mol. The lowest BCUT2D eigenvalue weighted by Gasteiger charge is -2.39. The van der Waals surface area contributed by atoms with Gasteiger partial charge in [-0.25, -0.2) is 8.42 Å². The van der Waals surface area contributed by atoms with Crippen molar-refractivity contribution in [1.82, 2.24) is 9.21 Å². The van der Waals surface area contributed by atoms with E-state index in [1.54, 1.807) is 0 Å². The first kappa shape index (κ1) is 22.1. The van der Waals surface area contributed by atoms with E-state index in [1.807, 2.05) is 36.4 Å². The lowest BCUT2D eigenvalue weighted by Crippen LogP contribution is -2.49. The molecule has 1 N–H and O–H groups in total. The molecule has 3 aromatic rings. The van der Waals surface area contributed by atoms with Crippen LogP contribution in [-0.4, -0.2) is 48.9 Å². The SMILES string of the molecule is O=S(=O)(c1cc(Cl)cc(Cl)c1O)N1CCN(C(c2ccccc2)c2ccccc2)CC1. The van der Waals surface area contributed by atoms with Crippen LogP contribution in [0.4, 0.5) is 0 Å². The maximum absolute atomic E-state index is 13.2. The molecule has 1 aliphatic heterocycles. The maximum Gasteiger partial charge on any atom is 0.246 e. The van der Waals surface area contributed by atoms with Gasteiger partial charge in [0.25, 0.3) is 0 Å². The summed E-state index contributed by atoms with van der Waals surface area (Å²) >= 11 is 11.9. The summed E-state index contributed by atoms with van der Waals surface area (Å²) in [4.78, 5) is 2.02. The van der Waals surface area contributed by atoms with E-state index >= 15 is 0 Å². The second kappa shape index (κ2) is 9.18. The molecule has 0 bridgehead atoms. The summed E-state index contributed by atoms with van der Waals surface area (Å²) in [6.45, 7) is 1.68. The number of rotatable bonds is 5. The van der Waals surface area contributed by atoms with Gasteiger partial charge in [-0.1, -0.05) is 83.9 Å². The summed E-state index contributed by atoms with van der Waals surface area (Å²) in [5.74, 6) is -0.472. The Balaban J connectivity index is 1.58. The van der Waals surface area contributed by atoms with Gasteiger partial charge in [-0.15, -0.1) is 0 Å². The molecule has 0 unspecified atom stereocenters. The van der Waals surface area contributed by atoms with E-state index < -0.39 is 15.8 Å². The monoisotopic (exact) mass is 476 g/mol. The van der Waals surface area contributed by atoms with Gasteiger partial charge < -0.3 is 5.11 Å². The number of halogens is 2. The Morgan fingerprint density at radius 1 is 0.806 bits per heavy atom. The number of phenols is 1. The molecule has 0 amide bonds. The van der Waals surface area contributed by atoms with Crippen molar-refractivity contribution in [2.75, 3.05) is 26.2 Å². The minimum atomic E-state index is -3.93. The van der Waals surface area contributed by atoms with Crippen molar-refractivity contribution < 1.29 is 13.5 Å². The minimum Gasteiger partial charge on any atom is -0.505 e. The van der Waals surface area contributed by atoms with Crippen molar-refractivity contribution >= 4 is 33.2 Å². The van der Waals surface area contributed by atoms with Crippen LogP contribution < -0.4 is 0 Å². The van der Waals surface area contributed by atoms with E-state index in [2.05, 4.69) is 29.2 Å². The van der Waals surface area contributed by atoms with Gasteiger partial charge in [-0.05, 0) is 23.3 Å². The molecule has 3 aromatic carbocycles. The number of piperazine rings is 1. The molecule has 1 aliphatic rings. The molecular formula is C23H22Cl2N2O3S. The highest BCUT2D eigenvalue weighted by Gasteiger charge is 2.34. The molecule has 0 saturated carbocycles. The summed E-state index contributed by atoms with van der Waals surface area (Å²) < 4.78 is 27.7. The molecule has 0 spiro atoms. The topological polar surface area (TPSA) is 60.9 Å². The largest absolute Gasteiger partial charge is 0.505 e. The summed E-state index contributed by atoms with van der Waals surface area (Å²) in [5, 5.41) is 10.3. The molecule has 8 heteroatoms. The Morgan fingerprint density at radius 2 is 1.32 bits per heavy atom. The third-order valence-electron chi connectivity index (χ3n) is 5.48. The fourth-order valence-corrected chi connectivity index (χ4v) is 6.13. The fraction of sp³-hybridized carbons (Fsp3) is 0.217. The van der Waals surface area contributed by atoms with Crippen LogP contribution >= 0.6 is 23.2 Å². The van der Waals surface area contributed by atoms with Crippen molar-refractivity contribution in [3.63, 3.8) is 0 Å². The zero-order chi connectivity index (χ0) is 22.0. The van der Waals surface area contributed by atoms with Crippen LogP contribution in [0.3, 0.4) is 0 Å². The van der Waals surface area contributed by atoms with E-state index in [-0.39, 0.29) is 21.0 Å². The van der Waals surface area contributed by atoms with Crippen molar-refractivity contribution in [2.45, 2.75) is 10.9 Å². The third kappa shape index (κ3) is 4.59. The lowest BCUT2D eigenvalue weighted by molar-refractivity contribution is 0.155. The molecule has 0 radical (unpaired) electrons. The molecular weight excluding hydrogens is 455 g/mol.